The largest absolute Gasteiger partial charge is 0.306 e. The van der Waals surface area contributed by atoms with Crippen molar-refractivity contribution in [1.82, 2.24) is 4.90 Å². The van der Waals surface area contributed by atoms with E-state index < -0.39 is 0 Å². The monoisotopic (exact) mass is 194 g/mol. The Hall–Kier alpha value is -0.730. The molecule has 0 N–H and O–H groups in total. The van der Waals surface area contributed by atoms with Gasteiger partial charge >= 0.3 is 0 Å². The van der Waals surface area contributed by atoms with E-state index in [1.165, 1.54) is 25.9 Å². The van der Waals surface area contributed by atoms with Crippen LogP contribution in [0.2, 0.25) is 0 Å². The molecule has 0 unspecified atom stereocenters. The fraction of sp³-hybridized carbons (Fsp3) is 1.00. The van der Waals surface area contributed by atoms with Crippen LogP contribution in [0.5, 0.6) is 0 Å². The van der Waals surface area contributed by atoms with Gasteiger partial charge in [-0.05, 0) is 56.6 Å². The summed E-state index contributed by atoms with van der Waals surface area (Å²) < 4.78 is 0. The molecular formula is C10H18N4. The van der Waals surface area contributed by atoms with E-state index in [0.29, 0.717) is 0 Å². The number of hydrogen-bond donors (Lipinski definition) is 0. The Labute approximate surface area is 84.9 Å². The lowest BCUT2D eigenvalue weighted by molar-refractivity contribution is 0.0968. The average molecular weight is 194 g/mol. The predicted molar refractivity (Wildman–Crippen MR) is 55.9 cm³/mol. The molecule has 2 rings (SSSR count). The highest BCUT2D eigenvalue weighted by Gasteiger charge is 2.33. The van der Waals surface area contributed by atoms with Crippen molar-refractivity contribution in [2.75, 3.05) is 20.1 Å². The van der Waals surface area contributed by atoms with Crippen LogP contribution in [0.1, 0.15) is 25.7 Å². The van der Waals surface area contributed by atoms with E-state index in [1.807, 2.05) is 0 Å². The number of fused-ring (bicyclic) bond motifs is 1. The van der Waals surface area contributed by atoms with Crippen molar-refractivity contribution in [3.05, 3.63) is 10.4 Å². The van der Waals surface area contributed by atoms with Crippen molar-refractivity contribution in [3.63, 3.8) is 0 Å². The molecule has 4 heteroatoms. The van der Waals surface area contributed by atoms with Gasteiger partial charge in [-0.15, -0.1) is 0 Å². The molecule has 14 heavy (non-hydrogen) atoms. The van der Waals surface area contributed by atoms with Gasteiger partial charge in [-0.3, -0.25) is 0 Å². The normalized spacial score (nSPS) is 38.5. The number of piperidine rings is 1. The minimum atomic E-state index is 0.282. The van der Waals surface area contributed by atoms with Crippen molar-refractivity contribution in [2.24, 2.45) is 17.0 Å². The Balaban J connectivity index is 1.94. The molecule has 0 bridgehead atoms. The summed E-state index contributed by atoms with van der Waals surface area (Å²) >= 11 is 0. The standard InChI is InChI=1S/C10H18N4/c1-14-5-4-8-6-10(12-13-11)3-2-9(8)7-14/h8-10H,2-7H2,1H3/t8-,9+,10+/m0/s1. The van der Waals surface area contributed by atoms with Gasteiger partial charge in [0.15, 0.2) is 0 Å². The number of hydrogen-bond acceptors (Lipinski definition) is 2. The Kier molecular flexibility index (Phi) is 2.94. The van der Waals surface area contributed by atoms with Gasteiger partial charge in [0, 0.05) is 17.5 Å². The van der Waals surface area contributed by atoms with Crippen molar-refractivity contribution < 1.29 is 0 Å². The van der Waals surface area contributed by atoms with E-state index in [9.17, 15) is 0 Å². The minimum absolute atomic E-state index is 0.282. The predicted octanol–water partition coefficient (Wildman–Crippen LogP) is 2.42. The summed E-state index contributed by atoms with van der Waals surface area (Å²) in [6.45, 7) is 2.46. The summed E-state index contributed by atoms with van der Waals surface area (Å²) in [5.41, 5.74) is 8.41. The van der Waals surface area contributed by atoms with Crippen LogP contribution >= 0.6 is 0 Å². The van der Waals surface area contributed by atoms with Gasteiger partial charge in [0.2, 0.25) is 0 Å². The van der Waals surface area contributed by atoms with Gasteiger partial charge in [0.25, 0.3) is 0 Å². The van der Waals surface area contributed by atoms with Crippen LogP contribution in [0.3, 0.4) is 0 Å². The Morgan fingerprint density at radius 2 is 2.14 bits per heavy atom. The number of likely N-dealkylation sites (tertiary alicyclic amines) is 1. The maximum atomic E-state index is 8.41. The fourth-order valence-corrected chi connectivity index (χ4v) is 2.95. The zero-order valence-corrected chi connectivity index (χ0v) is 8.76. The topological polar surface area (TPSA) is 52.0 Å². The van der Waals surface area contributed by atoms with Crippen LogP contribution in [0, 0.1) is 11.8 Å². The van der Waals surface area contributed by atoms with Gasteiger partial charge in [-0.1, -0.05) is 5.11 Å². The van der Waals surface area contributed by atoms with Crippen molar-refractivity contribution in [3.8, 4) is 0 Å². The lowest BCUT2D eigenvalue weighted by Crippen LogP contribution is -2.41. The molecule has 1 aliphatic carbocycles. The molecule has 0 aromatic carbocycles. The quantitative estimate of drug-likeness (QED) is 0.359. The summed E-state index contributed by atoms with van der Waals surface area (Å²) in [5.74, 6) is 1.68. The molecule has 1 heterocycles. The molecule has 78 valence electrons. The SMILES string of the molecule is CN1CC[C@H]2C[C@H](N=[N+]=[N-])CC[C@@H]2C1. The van der Waals surface area contributed by atoms with E-state index in [2.05, 4.69) is 22.0 Å². The third-order valence-electron chi connectivity index (χ3n) is 3.75. The minimum Gasteiger partial charge on any atom is -0.306 e. The zero-order valence-electron chi connectivity index (χ0n) is 8.76. The van der Waals surface area contributed by atoms with Gasteiger partial charge in [0.1, 0.15) is 0 Å². The third-order valence-corrected chi connectivity index (χ3v) is 3.75. The number of azide groups is 1. The molecule has 0 amide bonds. The number of nitrogens with zero attached hydrogens (tertiary/aromatic N) is 4. The molecule has 1 saturated carbocycles. The zero-order chi connectivity index (χ0) is 9.97. The van der Waals surface area contributed by atoms with Gasteiger partial charge < -0.3 is 4.90 Å². The Morgan fingerprint density at radius 3 is 2.93 bits per heavy atom. The van der Waals surface area contributed by atoms with E-state index in [4.69, 9.17) is 5.53 Å². The van der Waals surface area contributed by atoms with Crippen LogP contribution in [-0.2, 0) is 0 Å². The van der Waals surface area contributed by atoms with Gasteiger partial charge in [0.05, 0.1) is 0 Å². The second kappa shape index (κ2) is 4.20. The second-order valence-corrected chi connectivity index (χ2v) is 4.74. The van der Waals surface area contributed by atoms with E-state index >= 15 is 0 Å². The highest BCUT2D eigenvalue weighted by molar-refractivity contribution is 4.88. The average Bonchev–Trinajstić information content (AvgIpc) is 2.19. The third kappa shape index (κ3) is 2.02. The molecule has 4 nitrogen and oxygen atoms in total. The first kappa shape index (κ1) is 9.81. The van der Waals surface area contributed by atoms with Crippen LogP contribution in [0.4, 0.5) is 0 Å². The van der Waals surface area contributed by atoms with E-state index in [-0.39, 0.29) is 6.04 Å². The molecule has 2 aliphatic rings. The maximum absolute atomic E-state index is 8.41. The van der Waals surface area contributed by atoms with Crippen LogP contribution in [-0.4, -0.2) is 31.1 Å². The first-order valence-electron chi connectivity index (χ1n) is 5.52. The maximum Gasteiger partial charge on any atom is 0.0377 e. The van der Waals surface area contributed by atoms with Crippen LogP contribution < -0.4 is 0 Å². The lowest BCUT2D eigenvalue weighted by Gasteiger charge is -2.41. The lowest BCUT2D eigenvalue weighted by atomic mass is 9.73. The fourth-order valence-electron chi connectivity index (χ4n) is 2.95. The van der Waals surface area contributed by atoms with Crippen LogP contribution in [0.15, 0.2) is 5.11 Å². The first-order chi connectivity index (χ1) is 6.79. The van der Waals surface area contributed by atoms with Crippen LogP contribution in [0.25, 0.3) is 10.4 Å². The first-order valence-corrected chi connectivity index (χ1v) is 5.52. The molecule has 0 aromatic heterocycles. The summed E-state index contributed by atoms with van der Waals surface area (Å²) in [7, 11) is 2.20. The van der Waals surface area contributed by atoms with Gasteiger partial charge in [-0.2, -0.15) is 0 Å². The molecule has 3 atom stereocenters. The molecular weight excluding hydrogens is 176 g/mol. The molecule has 2 fully saturated rings. The van der Waals surface area contributed by atoms with Crippen molar-refractivity contribution in [1.29, 1.82) is 0 Å². The Bertz CT molecular complexity index is 247. The molecule has 0 radical (unpaired) electrons. The summed E-state index contributed by atoms with van der Waals surface area (Å²) in [6, 6.07) is 0.282. The smallest absolute Gasteiger partial charge is 0.0377 e. The number of rotatable bonds is 1. The summed E-state index contributed by atoms with van der Waals surface area (Å²) in [6.07, 6.45) is 4.76. The van der Waals surface area contributed by atoms with Gasteiger partial charge in [-0.25, -0.2) is 0 Å². The highest BCUT2D eigenvalue weighted by atomic mass is 15.2. The molecule has 1 saturated heterocycles. The van der Waals surface area contributed by atoms with Crippen molar-refractivity contribution in [2.45, 2.75) is 31.7 Å². The summed E-state index contributed by atoms with van der Waals surface area (Å²) in [5, 5.41) is 3.86. The molecule has 0 aromatic rings. The summed E-state index contributed by atoms with van der Waals surface area (Å²) in [4.78, 5) is 5.35. The second-order valence-electron chi connectivity index (χ2n) is 4.74. The van der Waals surface area contributed by atoms with E-state index in [0.717, 1.165) is 24.7 Å². The van der Waals surface area contributed by atoms with E-state index in [1.54, 1.807) is 0 Å². The Morgan fingerprint density at radius 1 is 1.29 bits per heavy atom. The molecule has 0 spiro atoms. The molecule has 1 aliphatic heterocycles. The van der Waals surface area contributed by atoms with Crippen molar-refractivity contribution >= 4 is 0 Å². The highest BCUT2D eigenvalue weighted by Crippen LogP contribution is 2.36.